The Bertz CT molecular complexity index is 464. The van der Waals surface area contributed by atoms with Crippen molar-refractivity contribution in [2.75, 3.05) is 13.2 Å². The summed E-state index contributed by atoms with van der Waals surface area (Å²) in [6.45, 7) is 9.30. The molecule has 1 aliphatic rings. The molecule has 0 aliphatic carbocycles. The highest BCUT2D eigenvalue weighted by Gasteiger charge is 2.26. The molecular weight excluding hydrogens is 274 g/mol. The number of piperidine rings is 1. The molecular formula is C19H29NO2. The number of aliphatic hydroxyl groups excluding tert-OH is 1. The van der Waals surface area contributed by atoms with Crippen LogP contribution in [0.1, 0.15) is 38.7 Å². The van der Waals surface area contributed by atoms with Crippen molar-refractivity contribution in [3.05, 3.63) is 42.5 Å². The fraction of sp³-hybridized carbons (Fsp3) is 0.579. The van der Waals surface area contributed by atoms with Gasteiger partial charge in [0.15, 0.2) is 0 Å². The Labute approximate surface area is 134 Å². The van der Waals surface area contributed by atoms with Gasteiger partial charge in [-0.1, -0.05) is 30.7 Å². The molecule has 1 aliphatic heterocycles. The van der Waals surface area contributed by atoms with Crippen molar-refractivity contribution in [1.82, 2.24) is 4.90 Å². The number of allylic oxidation sites excluding steroid dienone is 1. The van der Waals surface area contributed by atoms with Gasteiger partial charge in [0.1, 0.15) is 18.5 Å². The topological polar surface area (TPSA) is 32.7 Å². The Kier molecular flexibility index (Phi) is 6.47. The third-order valence-corrected chi connectivity index (χ3v) is 4.57. The molecule has 0 spiro atoms. The van der Waals surface area contributed by atoms with Crippen LogP contribution in [0.5, 0.6) is 5.75 Å². The fourth-order valence-corrected chi connectivity index (χ4v) is 3.29. The number of hydrogen-bond acceptors (Lipinski definition) is 3. The molecule has 1 saturated heterocycles. The fourth-order valence-electron chi connectivity index (χ4n) is 3.29. The normalized spacial score (nSPS) is 24.0. The average molecular weight is 303 g/mol. The van der Waals surface area contributed by atoms with Gasteiger partial charge in [-0.15, -0.1) is 6.58 Å². The molecule has 0 amide bonds. The predicted octanol–water partition coefficient (Wildman–Crippen LogP) is 3.42. The van der Waals surface area contributed by atoms with Crippen LogP contribution < -0.4 is 4.74 Å². The second-order valence-corrected chi connectivity index (χ2v) is 6.39. The molecule has 1 fully saturated rings. The van der Waals surface area contributed by atoms with Crippen LogP contribution in [0, 0.1) is 0 Å². The quantitative estimate of drug-likeness (QED) is 0.784. The van der Waals surface area contributed by atoms with Gasteiger partial charge in [0.05, 0.1) is 0 Å². The van der Waals surface area contributed by atoms with E-state index in [2.05, 4.69) is 25.3 Å². The van der Waals surface area contributed by atoms with E-state index >= 15 is 0 Å². The lowest BCUT2D eigenvalue weighted by molar-refractivity contribution is 0.0207. The van der Waals surface area contributed by atoms with Gasteiger partial charge in [0.2, 0.25) is 0 Å². The summed E-state index contributed by atoms with van der Waals surface area (Å²) in [4.78, 5) is 2.41. The molecule has 22 heavy (non-hydrogen) atoms. The minimum atomic E-state index is -0.459. The smallest absolute Gasteiger partial charge is 0.122 e. The minimum absolute atomic E-state index is 0.337. The Hall–Kier alpha value is -1.32. The first-order valence-corrected chi connectivity index (χ1v) is 8.37. The third kappa shape index (κ3) is 4.59. The van der Waals surface area contributed by atoms with Gasteiger partial charge in [-0.05, 0) is 44.7 Å². The molecule has 0 unspecified atom stereocenters. The highest BCUT2D eigenvalue weighted by atomic mass is 16.5. The van der Waals surface area contributed by atoms with Gasteiger partial charge < -0.3 is 9.84 Å². The van der Waals surface area contributed by atoms with Gasteiger partial charge in [-0.2, -0.15) is 0 Å². The van der Waals surface area contributed by atoms with Crippen molar-refractivity contribution in [3.63, 3.8) is 0 Å². The van der Waals surface area contributed by atoms with E-state index in [1.54, 1.807) is 0 Å². The predicted molar refractivity (Wildman–Crippen MR) is 91.3 cm³/mol. The molecule has 0 radical (unpaired) electrons. The third-order valence-electron chi connectivity index (χ3n) is 4.57. The van der Waals surface area contributed by atoms with Crippen LogP contribution in [0.25, 0.3) is 0 Å². The maximum atomic E-state index is 10.3. The summed E-state index contributed by atoms with van der Waals surface area (Å²) in [5, 5.41) is 10.3. The molecule has 0 bridgehead atoms. The number of benzene rings is 1. The maximum Gasteiger partial charge on any atom is 0.122 e. The van der Waals surface area contributed by atoms with Crippen molar-refractivity contribution in [2.24, 2.45) is 0 Å². The molecule has 3 nitrogen and oxygen atoms in total. The first kappa shape index (κ1) is 17.0. The van der Waals surface area contributed by atoms with E-state index in [4.69, 9.17) is 4.74 Å². The van der Waals surface area contributed by atoms with Crippen LogP contribution in [0.3, 0.4) is 0 Å². The number of aliphatic hydroxyl groups is 1. The van der Waals surface area contributed by atoms with Crippen molar-refractivity contribution >= 4 is 0 Å². The SMILES string of the molecule is C=CCc1ccccc1OC[C@H](O)CN1[C@@H](C)CCC[C@@H]1C. The summed E-state index contributed by atoms with van der Waals surface area (Å²) in [6.07, 6.45) is 5.93. The molecule has 2 rings (SSSR count). The van der Waals surface area contributed by atoms with E-state index in [1.807, 2.05) is 30.3 Å². The van der Waals surface area contributed by atoms with E-state index in [-0.39, 0.29) is 0 Å². The van der Waals surface area contributed by atoms with Crippen molar-refractivity contribution < 1.29 is 9.84 Å². The molecule has 122 valence electrons. The summed E-state index contributed by atoms with van der Waals surface area (Å²) in [6, 6.07) is 9.05. The number of ether oxygens (including phenoxy) is 1. The Morgan fingerprint density at radius 1 is 1.32 bits per heavy atom. The van der Waals surface area contributed by atoms with E-state index in [0.717, 1.165) is 17.7 Å². The van der Waals surface area contributed by atoms with Crippen molar-refractivity contribution in [1.29, 1.82) is 0 Å². The lowest BCUT2D eigenvalue weighted by Gasteiger charge is -2.40. The van der Waals surface area contributed by atoms with Crippen molar-refractivity contribution in [3.8, 4) is 5.75 Å². The van der Waals surface area contributed by atoms with Gasteiger partial charge in [-0.25, -0.2) is 0 Å². The number of likely N-dealkylation sites (tertiary alicyclic amines) is 1. The second-order valence-electron chi connectivity index (χ2n) is 6.39. The number of nitrogens with zero attached hydrogens (tertiary/aromatic N) is 1. The monoisotopic (exact) mass is 303 g/mol. The number of para-hydroxylation sites is 1. The molecule has 3 heteroatoms. The summed E-state index contributed by atoms with van der Waals surface area (Å²) in [5.74, 6) is 0.848. The lowest BCUT2D eigenvalue weighted by Crippen LogP contribution is -2.48. The largest absolute Gasteiger partial charge is 0.491 e. The summed E-state index contributed by atoms with van der Waals surface area (Å²) < 4.78 is 5.84. The number of rotatable bonds is 7. The summed E-state index contributed by atoms with van der Waals surface area (Å²) in [7, 11) is 0. The standard InChI is InChI=1S/C19H29NO2/c1-4-8-17-11-5-6-12-19(17)22-14-18(21)13-20-15(2)9-7-10-16(20)3/h4-6,11-12,15-16,18,21H,1,7-10,13-14H2,2-3H3/t15-,16-,18+/m0/s1. The molecule has 0 saturated carbocycles. The second kappa shape index (κ2) is 8.35. The zero-order chi connectivity index (χ0) is 15.9. The first-order chi connectivity index (χ1) is 10.6. The summed E-state index contributed by atoms with van der Waals surface area (Å²) in [5.41, 5.74) is 1.12. The average Bonchev–Trinajstić information content (AvgIpc) is 2.50. The zero-order valence-electron chi connectivity index (χ0n) is 13.9. The van der Waals surface area contributed by atoms with Crippen LogP contribution in [0.15, 0.2) is 36.9 Å². The maximum absolute atomic E-state index is 10.3. The Morgan fingerprint density at radius 2 is 2.00 bits per heavy atom. The Morgan fingerprint density at radius 3 is 2.68 bits per heavy atom. The molecule has 1 heterocycles. The van der Waals surface area contributed by atoms with Crippen LogP contribution in [0.2, 0.25) is 0 Å². The minimum Gasteiger partial charge on any atom is -0.491 e. The van der Waals surface area contributed by atoms with Crippen LogP contribution in [-0.2, 0) is 6.42 Å². The molecule has 1 aromatic rings. The van der Waals surface area contributed by atoms with E-state index < -0.39 is 6.10 Å². The van der Waals surface area contributed by atoms with E-state index in [9.17, 15) is 5.11 Å². The number of β-amino-alcohol motifs (C(OH)–C–C–N with tert-alkyl or cyclic N) is 1. The van der Waals surface area contributed by atoms with Gasteiger partial charge in [0, 0.05) is 18.6 Å². The molecule has 1 N–H and O–H groups in total. The van der Waals surface area contributed by atoms with Crippen molar-refractivity contribution in [2.45, 2.75) is 57.7 Å². The van der Waals surface area contributed by atoms with Crippen LogP contribution in [-0.4, -0.2) is 41.3 Å². The lowest BCUT2D eigenvalue weighted by atomic mass is 9.97. The van der Waals surface area contributed by atoms with E-state index in [1.165, 1.54) is 19.3 Å². The van der Waals surface area contributed by atoms with Gasteiger partial charge in [0.25, 0.3) is 0 Å². The van der Waals surface area contributed by atoms with Crippen LogP contribution >= 0.6 is 0 Å². The zero-order valence-corrected chi connectivity index (χ0v) is 13.9. The molecule has 3 atom stereocenters. The van der Waals surface area contributed by atoms with Gasteiger partial charge in [-0.3, -0.25) is 4.90 Å². The first-order valence-electron chi connectivity index (χ1n) is 8.37. The summed E-state index contributed by atoms with van der Waals surface area (Å²) >= 11 is 0. The highest BCUT2D eigenvalue weighted by Crippen LogP contribution is 2.23. The number of hydrogen-bond donors (Lipinski definition) is 1. The highest BCUT2D eigenvalue weighted by molar-refractivity contribution is 5.34. The molecule has 1 aromatic carbocycles. The molecule has 0 aromatic heterocycles. The Balaban J connectivity index is 1.87. The van der Waals surface area contributed by atoms with Crippen LogP contribution in [0.4, 0.5) is 0 Å². The van der Waals surface area contributed by atoms with Gasteiger partial charge >= 0.3 is 0 Å². The van der Waals surface area contributed by atoms with E-state index in [0.29, 0.717) is 25.2 Å².